The second-order valence-corrected chi connectivity index (χ2v) is 2.93. The van der Waals surface area contributed by atoms with Crippen LogP contribution in [-0.2, 0) is 6.42 Å². The molecule has 1 aromatic carbocycles. The van der Waals surface area contributed by atoms with Crippen molar-refractivity contribution in [3.63, 3.8) is 0 Å². The first-order valence-electron chi connectivity index (χ1n) is 4.32. The van der Waals surface area contributed by atoms with Crippen molar-refractivity contribution in [1.29, 1.82) is 0 Å². The van der Waals surface area contributed by atoms with Gasteiger partial charge in [-0.1, -0.05) is 11.8 Å². The Kier molecular flexibility index (Phi) is 6.35. The Labute approximate surface area is 115 Å². The van der Waals surface area contributed by atoms with Gasteiger partial charge in [-0.15, -0.1) is 0 Å². The average molecular weight is 234 g/mol. The van der Waals surface area contributed by atoms with Crippen LogP contribution in [0.5, 0.6) is 11.5 Å². The molecule has 2 N–H and O–H groups in total. The van der Waals surface area contributed by atoms with Crippen molar-refractivity contribution in [3.05, 3.63) is 27.8 Å². The molecule has 0 spiro atoms. The standard InChI is InChI=1S/C9H12N2O4.Na/c1-15-9-5-7(11(13)14)6(2-3-10)4-8(9)12;/h4-5,12H,2-3,10H2,1H3;/q;+1/p-1. The first-order chi connectivity index (χ1) is 7.10. The Morgan fingerprint density at radius 3 is 2.56 bits per heavy atom. The average Bonchev–Trinajstić information content (AvgIpc) is 2.18. The zero-order valence-electron chi connectivity index (χ0n) is 9.23. The summed E-state index contributed by atoms with van der Waals surface area (Å²) in [6, 6.07) is 2.33. The summed E-state index contributed by atoms with van der Waals surface area (Å²) in [5, 5.41) is 22.0. The summed E-state index contributed by atoms with van der Waals surface area (Å²) in [6.45, 7) is 0.257. The van der Waals surface area contributed by atoms with E-state index in [1.165, 1.54) is 13.2 Å². The molecule has 0 unspecified atom stereocenters. The third-order valence-corrected chi connectivity index (χ3v) is 1.98. The molecule has 0 aliphatic heterocycles. The van der Waals surface area contributed by atoms with Crippen LogP contribution in [0.4, 0.5) is 5.69 Å². The minimum Gasteiger partial charge on any atom is -0.870 e. The quantitative estimate of drug-likeness (QED) is 0.344. The maximum atomic E-state index is 11.3. The van der Waals surface area contributed by atoms with Crippen LogP contribution < -0.4 is 45.1 Å². The van der Waals surface area contributed by atoms with Crippen molar-refractivity contribution >= 4 is 5.69 Å². The Morgan fingerprint density at radius 1 is 1.50 bits per heavy atom. The second kappa shape index (κ2) is 6.70. The van der Waals surface area contributed by atoms with Crippen LogP contribution in [0.25, 0.3) is 0 Å². The maximum absolute atomic E-state index is 11.3. The number of methoxy groups -OCH3 is 1. The Balaban J connectivity index is 0.00000225. The molecule has 16 heavy (non-hydrogen) atoms. The Morgan fingerprint density at radius 2 is 2.12 bits per heavy atom. The summed E-state index contributed by atoms with van der Waals surface area (Å²) in [5.74, 6) is -0.394. The van der Waals surface area contributed by atoms with Gasteiger partial charge in [-0.25, -0.2) is 0 Å². The van der Waals surface area contributed by atoms with Gasteiger partial charge in [-0.2, -0.15) is 0 Å². The summed E-state index contributed by atoms with van der Waals surface area (Å²) in [6.07, 6.45) is 0.301. The first kappa shape index (κ1) is 15.2. The minimum atomic E-state index is -0.549. The molecule has 0 saturated carbocycles. The molecule has 0 bridgehead atoms. The summed E-state index contributed by atoms with van der Waals surface area (Å²) >= 11 is 0. The van der Waals surface area contributed by atoms with E-state index in [0.717, 1.165) is 6.07 Å². The van der Waals surface area contributed by atoms with Crippen LogP contribution in [0.3, 0.4) is 0 Å². The summed E-state index contributed by atoms with van der Waals surface area (Å²) in [7, 11) is 1.29. The van der Waals surface area contributed by atoms with Crippen LogP contribution in [0.1, 0.15) is 5.56 Å². The van der Waals surface area contributed by atoms with Gasteiger partial charge in [-0.05, 0) is 13.0 Å². The third kappa shape index (κ3) is 3.34. The van der Waals surface area contributed by atoms with Gasteiger partial charge in [0.2, 0.25) is 0 Å². The number of nitro benzene ring substituents is 1. The van der Waals surface area contributed by atoms with E-state index in [0.29, 0.717) is 12.0 Å². The Hall–Kier alpha value is -0.820. The molecule has 7 heteroatoms. The van der Waals surface area contributed by atoms with Crippen molar-refractivity contribution < 1.29 is 44.3 Å². The molecule has 0 saturated heterocycles. The van der Waals surface area contributed by atoms with Crippen molar-refractivity contribution in [2.45, 2.75) is 6.42 Å². The van der Waals surface area contributed by atoms with E-state index in [4.69, 9.17) is 10.5 Å². The molecule has 0 fully saturated rings. The van der Waals surface area contributed by atoms with Crippen LogP contribution in [-0.4, -0.2) is 18.6 Å². The maximum Gasteiger partial charge on any atom is 1.00 e. The van der Waals surface area contributed by atoms with Gasteiger partial charge in [0.25, 0.3) is 5.69 Å². The van der Waals surface area contributed by atoms with Gasteiger partial charge in [0.1, 0.15) is 5.75 Å². The van der Waals surface area contributed by atoms with E-state index in [1.807, 2.05) is 0 Å². The number of nitrogens with zero attached hydrogens (tertiary/aromatic N) is 1. The number of hydrogen-bond acceptors (Lipinski definition) is 5. The fourth-order valence-electron chi connectivity index (χ4n) is 1.28. The van der Waals surface area contributed by atoms with Crippen molar-refractivity contribution in [3.8, 4) is 11.5 Å². The zero-order chi connectivity index (χ0) is 11.4. The van der Waals surface area contributed by atoms with Crippen molar-refractivity contribution in [1.82, 2.24) is 0 Å². The normalized spacial score (nSPS) is 9.38. The molecule has 6 nitrogen and oxygen atoms in total. The van der Waals surface area contributed by atoms with Gasteiger partial charge in [0, 0.05) is 5.56 Å². The van der Waals surface area contributed by atoms with Gasteiger partial charge >= 0.3 is 29.6 Å². The number of benzene rings is 1. The number of ether oxygens (including phenoxy) is 1. The fraction of sp³-hybridized carbons (Fsp3) is 0.333. The van der Waals surface area contributed by atoms with E-state index in [-0.39, 0.29) is 53.3 Å². The number of rotatable bonds is 4. The minimum absolute atomic E-state index is 0. The summed E-state index contributed by atoms with van der Waals surface area (Å²) < 4.78 is 4.72. The van der Waals surface area contributed by atoms with Crippen LogP contribution in [0.2, 0.25) is 0 Å². The van der Waals surface area contributed by atoms with E-state index < -0.39 is 4.92 Å². The molecule has 0 atom stereocenters. The predicted molar refractivity (Wildman–Crippen MR) is 51.9 cm³/mol. The molecule has 0 aliphatic rings. The smallest absolute Gasteiger partial charge is 0.870 e. The zero-order valence-corrected chi connectivity index (χ0v) is 11.2. The van der Waals surface area contributed by atoms with Gasteiger partial charge in [0.05, 0.1) is 18.1 Å². The third-order valence-electron chi connectivity index (χ3n) is 1.98. The van der Waals surface area contributed by atoms with Crippen molar-refractivity contribution in [2.24, 2.45) is 5.73 Å². The number of nitro groups is 1. The number of hydrogen-bond donors (Lipinski definition) is 1. The molecule has 0 radical (unpaired) electrons. The summed E-state index contributed by atoms with van der Waals surface area (Å²) in [4.78, 5) is 10.1. The fourth-order valence-corrected chi connectivity index (χ4v) is 1.28. The Bertz CT molecular complexity index is 384. The molecule has 82 valence electrons. The molecular weight excluding hydrogens is 223 g/mol. The van der Waals surface area contributed by atoms with Crippen LogP contribution >= 0.6 is 0 Å². The van der Waals surface area contributed by atoms with E-state index >= 15 is 0 Å². The van der Waals surface area contributed by atoms with E-state index in [9.17, 15) is 15.2 Å². The monoisotopic (exact) mass is 234 g/mol. The first-order valence-corrected chi connectivity index (χ1v) is 4.32. The van der Waals surface area contributed by atoms with Gasteiger partial charge in [-0.3, -0.25) is 10.1 Å². The number of nitrogens with two attached hydrogens (primary N) is 1. The molecular formula is C9H11N2NaO4. The molecule has 1 rings (SSSR count). The molecule has 0 aromatic heterocycles. The molecule has 0 aliphatic carbocycles. The molecule has 0 heterocycles. The van der Waals surface area contributed by atoms with E-state index in [2.05, 4.69) is 0 Å². The van der Waals surface area contributed by atoms with Crippen molar-refractivity contribution in [2.75, 3.05) is 13.7 Å². The molecule has 1 aromatic rings. The largest absolute Gasteiger partial charge is 1.00 e. The van der Waals surface area contributed by atoms with Gasteiger partial charge < -0.3 is 15.6 Å². The van der Waals surface area contributed by atoms with Crippen LogP contribution in [0.15, 0.2) is 12.1 Å². The van der Waals surface area contributed by atoms with E-state index in [1.54, 1.807) is 0 Å². The van der Waals surface area contributed by atoms with Gasteiger partial charge in [0.15, 0.2) is 0 Å². The van der Waals surface area contributed by atoms with Crippen LogP contribution in [0, 0.1) is 10.1 Å². The topological polar surface area (TPSA) is 101 Å². The summed E-state index contributed by atoms with van der Waals surface area (Å²) in [5.41, 5.74) is 5.51. The molecule has 0 amide bonds. The second-order valence-electron chi connectivity index (χ2n) is 2.93. The predicted octanol–water partition coefficient (Wildman–Crippen LogP) is -2.82. The SMILES string of the molecule is COc1cc([N+](=O)[O-])c(CCN)cc1[O-].[Na+].